The van der Waals surface area contributed by atoms with Crippen molar-refractivity contribution in [3.8, 4) is 22.6 Å². The van der Waals surface area contributed by atoms with Crippen LogP contribution in [-0.4, -0.2) is 16.8 Å². The van der Waals surface area contributed by atoms with Gasteiger partial charge in [0.2, 0.25) is 0 Å². The smallest absolute Gasteiger partial charge is 0.339 e. The van der Waals surface area contributed by atoms with Gasteiger partial charge in [0.15, 0.2) is 11.5 Å². The largest absolute Gasteiger partial charge is 0.378 e. The van der Waals surface area contributed by atoms with Gasteiger partial charge in [-0.25, -0.2) is 0 Å². The van der Waals surface area contributed by atoms with Crippen molar-refractivity contribution in [2.75, 3.05) is 0 Å². The van der Waals surface area contributed by atoms with Crippen molar-refractivity contribution < 1.29 is 25.2 Å². The van der Waals surface area contributed by atoms with E-state index in [2.05, 4.69) is 0 Å². The van der Waals surface area contributed by atoms with E-state index in [1.807, 2.05) is 48.5 Å². The summed E-state index contributed by atoms with van der Waals surface area (Å²) in [4.78, 5) is -0.00897. The molecule has 0 heterocycles. The predicted octanol–water partition coefficient (Wildman–Crippen LogP) is 7.20. The van der Waals surface area contributed by atoms with Crippen LogP contribution in [0.25, 0.3) is 32.7 Å². The normalized spacial score (nSPS) is 11.9. The highest BCUT2D eigenvalue weighted by molar-refractivity contribution is 7.87. The molecule has 0 N–H and O–H groups in total. The van der Waals surface area contributed by atoms with Crippen LogP contribution in [0.5, 0.6) is 11.5 Å². The monoisotopic (exact) mass is 566 g/mol. The third-order valence-corrected chi connectivity index (χ3v) is 8.99. The van der Waals surface area contributed by atoms with Gasteiger partial charge >= 0.3 is 20.2 Å². The highest BCUT2D eigenvalue weighted by atomic mass is 32.2. The fourth-order valence-electron chi connectivity index (χ4n) is 4.66. The second kappa shape index (κ2) is 10.1. The minimum Gasteiger partial charge on any atom is -0.378 e. The van der Waals surface area contributed by atoms with Crippen molar-refractivity contribution >= 4 is 41.8 Å². The molecule has 6 nitrogen and oxygen atoms in total. The molecule has 6 aromatic carbocycles. The quantitative estimate of drug-likeness (QED) is 0.190. The van der Waals surface area contributed by atoms with Gasteiger partial charge < -0.3 is 8.37 Å². The molecule has 8 heteroatoms. The first-order valence-electron chi connectivity index (χ1n) is 12.4. The Hall–Kier alpha value is -4.66. The Morgan fingerprint density at radius 3 is 1.12 bits per heavy atom. The molecule has 0 atom stereocenters. The van der Waals surface area contributed by atoms with E-state index in [-0.39, 0.29) is 21.3 Å². The second-order valence-corrected chi connectivity index (χ2v) is 12.1. The van der Waals surface area contributed by atoms with Gasteiger partial charge in [-0.2, -0.15) is 16.8 Å². The van der Waals surface area contributed by atoms with Crippen molar-refractivity contribution in [2.24, 2.45) is 0 Å². The molecule has 0 aliphatic rings. The Bertz CT molecular complexity index is 1920. The van der Waals surface area contributed by atoms with Gasteiger partial charge in [-0.1, -0.05) is 97.1 Å². The lowest BCUT2D eigenvalue weighted by Gasteiger charge is -2.19. The summed E-state index contributed by atoms with van der Waals surface area (Å²) >= 11 is 0. The maximum absolute atomic E-state index is 13.3. The summed E-state index contributed by atoms with van der Waals surface area (Å²) in [6, 6.07) is 37.2. The third kappa shape index (κ3) is 4.79. The molecule has 0 radical (unpaired) electrons. The summed E-state index contributed by atoms with van der Waals surface area (Å²) in [5.41, 5.74) is 0.792. The number of rotatable bonds is 7. The van der Waals surface area contributed by atoms with Crippen LogP contribution in [0.4, 0.5) is 0 Å². The minimum atomic E-state index is -4.22. The predicted molar refractivity (Wildman–Crippen MR) is 155 cm³/mol. The van der Waals surface area contributed by atoms with Crippen molar-refractivity contribution in [1.29, 1.82) is 0 Å². The first kappa shape index (κ1) is 25.6. The molecule has 0 aliphatic carbocycles. The standard InChI is InChI=1S/C32H22O6S2/c33-39(34,25-13-3-1-4-14-25)37-29-21-19-23-11-7-9-17-27(23)31(29)32-28-18-10-8-12-24(28)20-22-30(32)38-40(35,36)26-15-5-2-6-16-26/h1-22H. The summed E-state index contributed by atoms with van der Waals surface area (Å²) in [6.45, 7) is 0. The van der Waals surface area contributed by atoms with Crippen molar-refractivity contribution in [2.45, 2.75) is 9.79 Å². The molecule has 6 aromatic rings. The molecule has 0 saturated heterocycles. The molecule has 0 aliphatic heterocycles. The van der Waals surface area contributed by atoms with E-state index < -0.39 is 20.2 Å². The summed E-state index contributed by atoms with van der Waals surface area (Å²) in [5.74, 6) is 0.0849. The van der Waals surface area contributed by atoms with Crippen molar-refractivity contribution in [1.82, 2.24) is 0 Å². The van der Waals surface area contributed by atoms with Gasteiger partial charge in [-0.15, -0.1) is 0 Å². The molecular weight excluding hydrogens is 544 g/mol. The molecule has 0 spiro atoms. The molecule has 0 bridgehead atoms. The maximum Gasteiger partial charge on any atom is 0.339 e. The number of hydrogen-bond acceptors (Lipinski definition) is 6. The highest BCUT2D eigenvalue weighted by Crippen LogP contribution is 2.46. The summed E-state index contributed by atoms with van der Waals surface area (Å²) in [6.07, 6.45) is 0. The molecular formula is C32H22O6S2. The Kier molecular flexibility index (Phi) is 6.50. The van der Waals surface area contributed by atoms with Crippen LogP contribution in [0.1, 0.15) is 0 Å². The minimum absolute atomic E-state index is 0.00448. The zero-order chi connectivity index (χ0) is 27.7. The lowest BCUT2D eigenvalue weighted by Crippen LogP contribution is -2.12. The van der Waals surface area contributed by atoms with E-state index in [0.717, 1.165) is 10.8 Å². The zero-order valence-corrected chi connectivity index (χ0v) is 22.6. The average molecular weight is 567 g/mol. The van der Waals surface area contributed by atoms with Crippen LogP contribution in [0.15, 0.2) is 143 Å². The summed E-state index contributed by atoms with van der Waals surface area (Å²) < 4.78 is 64.9. The van der Waals surface area contributed by atoms with Crippen LogP contribution < -0.4 is 8.37 Å². The van der Waals surface area contributed by atoms with Gasteiger partial charge in [0.25, 0.3) is 0 Å². The van der Waals surface area contributed by atoms with Gasteiger partial charge in [0, 0.05) is 11.1 Å². The molecule has 40 heavy (non-hydrogen) atoms. The maximum atomic E-state index is 13.3. The number of fused-ring (bicyclic) bond motifs is 2. The van der Waals surface area contributed by atoms with Crippen LogP contribution in [0.2, 0.25) is 0 Å². The highest BCUT2D eigenvalue weighted by Gasteiger charge is 2.26. The van der Waals surface area contributed by atoms with Crippen molar-refractivity contribution in [3.63, 3.8) is 0 Å². The Morgan fingerprint density at radius 1 is 0.375 bits per heavy atom. The fraction of sp³-hybridized carbons (Fsp3) is 0. The second-order valence-electron chi connectivity index (χ2n) is 9.02. The number of hydrogen-bond donors (Lipinski definition) is 0. The van der Waals surface area contributed by atoms with E-state index in [1.54, 1.807) is 60.7 Å². The van der Waals surface area contributed by atoms with Gasteiger partial charge in [-0.05, 0) is 57.9 Å². The SMILES string of the molecule is O=S(=O)(Oc1ccc2ccccc2c1-c1c(OS(=O)(=O)c2ccccc2)ccc2ccccc12)c1ccccc1. The third-order valence-electron chi connectivity index (χ3n) is 6.49. The molecule has 0 aromatic heterocycles. The van der Waals surface area contributed by atoms with E-state index in [4.69, 9.17) is 8.37 Å². The van der Waals surface area contributed by atoms with E-state index in [0.29, 0.717) is 21.9 Å². The van der Waals surface area contributed by atoms with Crippen molar-refractivity contribution in [3.05, 3.63) is 133 Å². The van der Waals surface area contributed by atoms with Gasteiger partial charge in [0.1, 0.15) is 9.79 Å². The zero-order valence-electron chi connectivity index (χ0n) is 21.0. The molecule has 0 saturated carbocycles. The fourth-order valence-corrected chi connectivity index (χ4v) is 6.59. The van der Waals surface area contributed by atoms with Crippen LogP contribution >= 0.6 is 0 Å². The topological polar surface area (TPSA) is 86.7 Å². The van der Waals surface area contributed by atoms with E-state index in [9.17, 15) is 16.8 Å². The lowest BCUT2D eigenvalue weighted by atomic mass is 9.92. The molecule has 0 unspecified atom stereocenters. The average Bonchev–Trinajstić information content (AvgIpc) is 2.98. The lowest BCUT2D eigenvalue weighted by molar-refractivity contribution is 0.482. The van der Waals surface area contributed by atoms with Crippen LogP contribution in [0, 0.1) is 0 Å². The summed E-state index contributed by atoms with van der Waals surface area (Å²) in [7, 11) is -8.43. The molecule has 0 fully saturated rings. The van der Waals surface area contributed by atoms with Crippen LogP contribution in [0.3, 0.4) is 0 Å². The summed E-state index contributed by atoms with van der Waals surface area (Å²) in [5, 5.41) is 2.96. The van der Waals surface area contributed by atoms with E-state index in [1.165, 1.54) is 24.3 Å². The molecule has 6 rings (SSSR count). The number of benzene rings is 6. The first-order valence-corrected chi connectivity index (χ1v) is 15.2. The Morgan fingerprint density at radius 2 is 0.725 bits per heavy atom. The molecule has 198 valence electrons. The van der Waals surface area contributed by atoms with Gasteiger partial charge in [-0.3, -0.25) is 0 Å². The Labute approximate surface area is 232 Å². The Balaban J connectivity index is 1.64. The first-order chi connectivity index (χ1) is 19.3. The van der Waals surface area contributed by atoms with Crippen LogP contribution in [-0.2, 0) is 20.2 Å². The van der Waals surface area contributed by atoms with Gasteiger partial charge in [0.05, 0.1) is 0 Å². The molecule has 0 amide bonds. The van der Waals surface area contributed by atoms with E-state index >= 15 is 0 Å².